The van der Waals surface area contributed by atoms with Gasteiger partial charge >= 0.3 is 0 Å². The van der Waals surface area contributed by atoms with Crippen LogP contribution in [0.4, 0.5) is 17.8 Å². The Labute approximate surface area is 121 Å². The minimum Gasteiger partial charge on any atom is -0.354 e. The zero-order valence-corrected chi connectivity index (χ0v) is 13.0. The zero-order chi connectivity index (χ0) is 14.5. The summed E-state index contributed by atoms with van der Waals surface area (Å²) in [5.74, 6) is 2.81. The van der Waals surface area contributed by atoms with Crippen molar-refractivity contribution < 1.29 is 0 Å². The molecule has 0 aromatic carbocycles. The molecule has 112 valence electrons. The number of aromatic nitrogens is 3. The number of nitrogens with one attached hydrogen (secondary N) is 2. The summed E-state index contributed by atoms with van der Waals surface area (Å²) in [6.07, 6.45) is 4.72. The Kier molecular flexibility index (Phi) is 4.98. The van der Waals surface area contributed by atoms with Gasteiger partial charge in [-0.15, -0.1) is 0 Å². The molecule has 0 radical (unpaired) electrons. The molecule has 0 spiro atoms. The smallest absolute Gasteiger partial charge is 0.231 e. The molecule has 1 heterocycles. The molecule has 1 aromatic heterocycles. The van der Waals surface area contributed by atoms with Crippen LogP contribution in [-0.2, 0) is 0 Å². The van der Waals surface area contributed by atoms with Crippen LogP contribution in [-0.4, -0.2) is 41.6 Å². The molecule has 2 unspecified atom stereocenters. The summed E-state index contributed by atoms with van der Waals surface area (Å²) in [7, 11) is 3.89. The van der Waals surface area contributed by atoms with Crippen molar-refractivity contribution in [1.29, 1.82) is 0 Å². The summed E-state index contributed by atoms with van der Waals surface area (Å²) >= 11 is 0. The lowest BCUT2D eigenvalue weighted by Crippen LogP contribution is -2.21. The van der Waals surface area contributed by atoms with Crippen molar-refractivity contribution in [3.05, 3.63) is 0 Å². The van der Waals surface area contributed by atoms with Crippen LogP contribution in [0.1, 0.15) is 39.5 Å². The van der Waals surface area contributed by atoms with E-state index in [1.54, 1.807) is 0 Å². The molecule has 1 aliphatic rings. The maximum Gasteiger partial charge on any atom is 0.231 e. The van der Waals surface area contributed by atoms with E-state index in [4.69, 9.17) is 0 Å². The lowest BCUT2D eigenvalue weighted by Gasteiger charge is -2.16. The summed E-state index contributed by atoms with van der Waals surface area (Å²) in [5.41, 5.74) is 0. The van der Waals surface area contributed by atoms with Crippen LogP contribution in [0.3, 0.4) is 0 Å². The summed E-state index contributed by atoms with van der Waals surface area (Å²) in [6, 6.07) is 0.487. The molecular formula is C14H26N6. The van der Waals surface area contributed by atoms with E-state index in [1.807, 2.05) is 19.0 Å². The fourth-order valence-corrected chi connectivity index (χ4v) is 2.47. The third-order valence-corrected chi connectivity index (χ3v) is 3.58. The predicted molar refractivity (Wildman–Crippen MR) is 83.4 cm³/mol. The number of nitrogens with zero attached hydrogens (tertiary/aromatic N) is 4. The molecule has 6 heteroatoms. The normalized spacial score (nSPS) is 21.8. The summed E-state index contributed by atoms with van der Waals surface area (Å²) in [5, 5.41) is 6.69. The number of rotatable bonds is 6. The van der Waals surface area contributed by atoms with E-state index < -0.39 is 0 Å². The molecule has 1 aromatic rings. The van der Waals surface area contributed by atoms with Gasteiger partial charge < -0.3 is 15.5 Å². The number of anilines is 3. The van der Waals surface area contributed by atoms with Crippen molar-refractivity contribution in [1.82, 2.24) is 15.0 Å². The molecule has 1 saturated carbocycles. The van der Waals surface area contributed by atoms with Crippen molar-refractivity contribution in [3.63, 3.8) is 0 Å². The van der Waals surface area contributed by atoms with Gasteiger partial charge in [0, 0.05) is 26.7 Å². The van der Waals surface area contributed by atoms with Crippen molar-refractivity contribution in [2.75, 3.05) is 36.2 Å². The van der Waals surface area contributed by atoms with Gasteiger partial charge in [-0.05, 0) is 31.6 Å². The zero-order valence-electron chi connectivity index (χ0n) is 13.0. The van der Waals surface area contributed by atoms with Crippen LogP contribution in [0.15, 0.2) is 0 Å². The second kappa shape index (κ2) is 6.72. The van der Waals surface area contributed by atoms with Gasteiger partial charge in [0.05, 0.1) is 0 Å². The van der Waals surface area contributed by atoms with E-state index in [9.17, 15) is 0 Å². The molecule has 2 atom stereocenters. The molecule has 6 nitrogen and oxygen atoms in total. The molecule has 0 aliphatic heterocycles. The standard InChI is InChI=1S/C14H26N6/c1-5-8-15-12-17-13(19-14(18-12)20(3)4)16-11-7-6-10(2)9-11/h10-11H,5-9H2,1-4H3,(H2,15,16,17,18,19). The molecule has 1 aliphatic carbocycles. The molecule has 0 saturated heterocycles. The van der Waals surface area contributed by atoms with Crippen LogP contribution in [0.2, 0.25) is 0 Å². The first-order chi connectivity index (χ1) is 9.58. The highest BCUT2D eigenvalue weighted by molar-refractivity contribution is 5.43. The van der Waals surface area contributed by atoms with Gasteiger partial charge in [-0.1, -0.05) is 13.8 Å². The third-order valence-electron chi connectivity index (χ3n) is 3.58. The quantitative estimate of drug-likeness (QED) is 0.832. The Morgan fingerprint density at radius 3 is 2.50 bits per heavy atom. The summed E-state index contributed by atoms with van der Waals surface area (Å²) in [6.45, 7) is 5.30. The van der Waals surface area contributed by atoms with Gasteiger partial charge in [0.2, 0.25) is 17.8 Å². The summed E-state index contributed by atoms with van der Waals surface area (Å²) in [4.78, 5) is 15.3. The minimum atomic E-state index is 0.487. The Bertz CT molecular complexity index is 434. The Morgan fingerprint density at radius 1 is 1.15 bits per heavy atom. The maximum atomic E-state index is 4.48. The second-order valence-electron chi connectivity index (χ2n) is 5.86. The average Bonchev–Trinajstić information content (AvgIpc) is 2.81. The first-order valence-electron chi connectivity index (χ1n) is 7.52. The summed E-state index contributed by atoms with van der Waals surface area (Å²) < 4.78 is 0. The largest absolute Gasteiger partial charge is 0.354 e. The van der Waals surface area contributed by atoms with E-state index in [0.717, 1.165) is 18.9 Å². The molecule has 0 bridgehead atoms. The Hall–Kier alpha value is -1.59. The maximum absolute atomic E-state index is 4.48. The van der Waals surface area contributed by atoms with Crippen LogP contribution in [0, 0.1) is 5.92 Å². The van der Waals surface area contributed by atoms with E-state index in [1.165, 1.54) is 19.3 Å². The van der Waals surface area contributed by atoms with Crippen molar-refractivity contribution in [3.8, 4) is 0 Å². The molecule has 2 N–H and O–H groups in total. The predicted octanol–water partition coefficient (Wildman–Crippen LogP) is 2.36. The van der Waals surface area contributed by atoms with Crippen molar-refractivity contribution >= 4 is 17.8 Å². The second-order valence-corrected chi connectivity index (χ2v) is 5.86. The fourth-order valence-electron chi connectivity index (χ4n) is 2.47. The monoisotopic (exact) mass is 278 g/mol. The SMILES string of the molecule is CCCNc1nc(NC2CCC(C)C2)nc(N(C)C)n1. The first kappa shape index (κ1) is 14.8. The number of hydrogen-bond acceptors (Lipinski definition) is 6. The van der Waals surface area contributed by atoms with Crippen molar-refractivity contribution in [2.24, 2.45) is 5.92 Å². The van der Waals surface area contributed by atoms with Crippen LogP contribution < -0.4 is 15.5 Å². The van der Waals surface area contributed by atoms with Crippen molar-refractivity contribution in [2.45, 2.75) is 45.6 Å². The lowest BCUT2D eigenvalue weighted by molar-refractivity contribution is 0.601. The molecular weight excluding hydrogens is 252 g/mol. The van der Waals surface area contributed by atoms with E-state index in [-0.39, 0.29) is 0 Å². The van der Waals surface area contributed by atoms with Gasteiger partial charge in [0.1, 0.15) is 0 Å². The lowest BCUT2D eigenvalue weighted by atomic mass is 10.1. The highest BCUT2D eigenvalue weighted by atomic mass is 15.3. The highest BCUT2D eigenvalue weighted by Gasteiger charge is 2.22. The van der Waals surface area contributed by atoms with Crippen LogP contribution in [0.25, 0.3) is 0 Å². The average molecular weight is 278 g/mol. The highest BCUT2D eigenvalue weighted by Crippen LogP contribution is 2.27. The fraction of sp³-hybridized carbons (Fsp3) is 0.786. The van der Waals surface area contributed by atoms with Gasteiger partial charge in [-0.2, -0.15) is 15.0 Å². The minimum absolute atomic E-state index is 0.487. The molecule has 0 amide bonds. The van der Waals surface area contributed by atoms with Crippen LogP contribution in [0.5, 0.6) is 0 Å². The number of hydrogen-bond donors (Lipinski definition) is 2. The third kappa shape index (κ3) is 3.95. The van der Waals surface area contributed by atoms with E-state index >= 15 is 0 Å². The topological polar surface area (TPSA) is 66.0 Å². The first-order valence-corrected chi connectivity index (χ1v) is 7.52. The molecule has 2 rings (SSSR count). The van der Waals surface area contributed by atoms with Crippen LogP contribution >= 0.6 is 0 Å². The van der Waals surface area contributed by atoms with Gasteiger partial charge in [0.25, 0.3) is 0 Å². The Morgan fingerprint density at radius 2 is 1.90 bits per heavy atom. The Balaban J connectivity index is 2.11. The van der Waals surface area contributed by atoms with E-state index in [2.05, 4.69) is 39.4 Å². The molecule has 1 fully saturated rings. The van der Waals surface area contributed by atoms with Gasteiger partial charge in [0.15, 0.2) is 0 Å². The van der Waals surface area contributed by atoms with Gasteiger partial charge in [-0.25, -0.2) is 0 Å². The van der Waals surface area contributed by atoms with E-state index in [0.29, 0.717) is 23.9 Å². The molecule has 20 heavy (non-hydrogen) atoms. The van der Waals surface area contributed by atoms with Gasteiger partial charge in [-0.3, -0.25) is 0 Å².